The van der Waals surface area contributed by atoms with Crippen LogP contribution in [0.15, 0.2) is 114 Å². The fraction of sp³-hybridized carbons (Fsp3) is 0.0714. The van der Waals surface area contributed by atoms with E-state index in [1.54, 1.807) is 29.2 Å². The first kappa shape index (κ1) is 24.2. The van der Waals surface area contributed by atoms with Gasteiger partial charge in [0.2, 0.25) is 0 Å². The van der Waals surface area contributed by atoms with Crippen molar-refractivity contribution in [3.8, 4) is 0 Å². The van der Waals surface area contributed by atoms with Crippen molar-refractivity contribution in [1.82, 2.24) is 10.2 Å². The quantitative estimate of drug-likeness (QED) is 0.282. The Bertz CT molecular complexity index is 1540. The van der Waals surface area contributed by atoms with Crippen LogP contribution in [0.4, 0.5) is 10.1 Å². The van der Waals surface area contributed by atoms with Gasteiger partial charge in [-0.2, -0.15) is 0 Å². The molecule has 0 aromatic heterocycles. The van der Waals surface area contributed by atoms with Crippen molar-refractivity contribution in [3.05, 3.63) is 132 Å². The Morgan fingerprint density at radius 2 is 1.43 bits per heavy atom. The monoisotopic (exact) mass is 513 g/mol. The molecular weight excluding hydrogens is 489 g/mol. The number of sulfonamides is 1. The molecule has 4 aromatic rings. The normalized spacial score (nSPS) is 14.9. The smallest absolute Gasteiger partial charge is 0.261 e. The van der Waals surface area contributed by atoms with E-state index in [2.05, 4.69) is 10.0 Å². The molecule has 7 nitrogen and oxygen atoms in total. The number of hydrogen-bond acceptors (Lipinski definition) is 4. The third-order valence-corrected chi connectivity index (χ3v) is 7.62. The van der Waals surface area contributed by atoms with Crippen molar-refractivity contribution < 1.29 is 12.8 Å². The van der Waals surface area contributed by atoms with Crippen LogP contribution in [0.2, 0.25) is 0 Å². The maximum atomic E-state index is 13.6. The highest BCUT2D eigenvalue weighted by atomic mass is 32.2. The molecule has 37 heavy (non-hydrogen) atoms. The summed E-state index contributed by atoms with van der Waals surface area (Å²) < 4.78 is 41.5. The van der Waals surface area contributed by atoms with Crippen LogP contribution in [0, 0.1) is 16.6 Å². The second-order valence-electron chi connectivity index (χ2n) is 8.65. The largest absolute Gasteiger partial charge is 0.336 e. The molecule has 0 amide bonds. The van der Waals surface area contributed by atoms with Gasteiger partial charge in [0.15, 0.2) is 5.96 Å². The van der Waals surface area contributed by atoms with Gasteiger partial charge < -0.3 is 5.32 Å². The zero-order chi connectivity index (χ0) is 26.0. The molecule has 0 saturated carbocycles. The van der Waals surface area contributed by atoms with Crippen molar-refractivity contribution >= 4 is 27.5 Å². The van der Waals surface area contributed by atoms with Gasteiger partial charge in [0, 0.05) is 5.69 Å². The Labute approximate surface area is 214 Å². The Morgan fingerprint density at radius 3 is 2.05 bits per heavy atom. The lowest BCUT2D eigenvalue weighted by Crippen LogP contribution is -2.44. The van der Waals surface area contributed by atoms with Gasteiger partial charge >= 0.3 is 0 Å². The molecule has 0 spiro atoms. The summed E-state index contributed by atoms with van der Waals surface area (Å²) in [6, 6.07) is 30.6. The lowest BCUT2D eigenvalue weighted by atomic mass is 9.82. The summed E-state index contributed by atoms with van der Waals surface area (Å²) in [4.78, 5) is 1.38. The van der Waals surface area contributed by atoms with Gasteiger partial charge in [-0.15, -0.1) is 0 Å². The number of rotatable bonds is 7. The van der Waals surface area contributed by atoms with Gasteiger partial charge in [0.05, 0.1) is 11.4 Å². The molecule has 0 atom stereocenters. The first-order valence-corrected chi connectivity index (χ1v) is 13.0. The van der Waals surface area contributed by atoms with Gasteiger partial charge in [-0.05, 0) is 47.0 Å². The first-order chi connectivity index (χ1) is 17.8. The molecule has 1 heterocycles. The van der Waals surface area contributed by atoms with Crippen LogP contribution in [0.3, 0.4) is 0 Å². The van der Waals surface area contributed by atoms with Crippen LogP contribution in [0.1, 0.15) is 16.7 Å². The minimum absolute atomic E-state index is 0.0588. The highest BCUT2D eigenvalue weighted by Gasteiger charge is 2.49. The number of benzene rings is 4. The summed E-state index contributed by atoms with van der Waals surface area (Å²) in [5, 5.41) is 21.1. The average Bonchev–Trinajstić information content (AvgIpc) is 3.15. The highest BCUT2D eigenvalue weighted by Crippen LogP contribution is 2.36. The van der Waals surface area contributed by atoms with E-state index in [0.29, 0.717) is 11.3 Å². The third-order valence-electron chi connectivity index (χ3n) is 6.24. The van der Waals surface area contributed by atoms with E-state index < -0.39 is 21.4 Å². The minimum Gasteiger partial charge on any atom is -0.336 e. The Kier molecular flexibility index (Phi) is 6.22. The van der Waals surface area contributed by atoms with Crippen molar-refractivity contribution in [2.75, 3.05) is 4.72 Å². The van der Waals surface area contributed by atoms with E-state index in [1.165, 1.54) is 18.2 Å². The van der Waals surface area contributed by atoms with Crippen LogP contribution in [-0.2, 0) is 22.1 Å². The second kappa shape index (κ2) is 9.51. The lowest BCUT2D eigenvalue weighted by Gasteiger charge is -2.30. The molecular formula is C28H24FN5O2S. The van der Waals surface area contributed by atoms with E-state index in [-0.39, 0.29) is 23.2 Å². The first-order valence-electron chi connectivity index (χ1n) is 11.5. The summed E-state index contributed by atoms with van der Waals surface area (Å²) in [7, 11) is -3.99. The van der Waals surface area contributed by atoms with Crippen LogP contribution in [0.5, 0.6) is 0 Å². The molecule has 0 bridgehead atoms. The van der Waals surface area contributed by atoms with E-state index >= 15 is 0 Å². The Balaban J connectivity index is 1.44. The van der Waals surface area contributed by atoms with Crippen LogP contribution < -0.4 is 10.0 Å². The van der Waals surface area contributed by atoms with Crippen LogP contribution >= 0.6 is 0 Å². The van der Waals surface area contributed by atoms with E-state index in [1.807, 2.05) is 60.7 Å². The second-order valence-corrected chi connectivity index (χ2v) is 10.3. The molecule has 9 heteroatoms. The molecule has 1 saturated heterocycles. The van der Waals surface area contributed by atoms with Crippen molar-refractivity contribution in [2.45, 2.75) is 17.0 Å². The molecule has 4 N–H and O–H groups in total. The summed E-state index contributed by atoms with van der Waals surface area (Å²) in [6.07, 6.45) is 0. The van der Waals surface area contributed by atoms with Crippen molar-refractivity contribution in [2.24, 2.45) is 0 Å². The lowest BCUT2D eigenvalue weighted by molar-refractivity contribution is 0.589. The third kappa shape index (κ3) is 4.56. The maximum Gasteiger partial charge on any atom is 0.261 e. The fourth-order valence-electron chi connectivity index (χ4n) is 4.50. The van der Waals surface area contributed by atoms with Gasteiger partial charge in [-0.1, -0.05) is 78.9 Å². The van der Waals surface area contributed by atoms with Crippen molar-refractivity contribution in [1.29, 1.82) is 10.8 Å². The van der Waals surface area contributed by atoms with Crippen LogP contribution in [-0.4, -0.2) is 25.1 Å². The fourth-order valence-corrected chi connectivity index (χ4v) is 5.58. The minimum atomic E-state index is -3.99. The molecule has 1 aliphatic rings. The number of halogens is 1. The highest BCUT2D eigenvalue weighted by molar-refractivity contribution is 7.92. The molecule has 4 aromatic carbocycles. The van der Waals surface area contributed by atoms with E-state index in [9.17, 15) is 18.2 Å². The number of hydrogen-bond donors (Lipinski definition) is 4. The topological polar surface area (TPSA) is 109 Å². The molecule has 1 aliphatic heterocycles. The summed E-state index contributed by atoms with van der Waals surface area (Å²) in [5.74, 6) is -0.403. The Hall–Kier alpha value is -4.50. The number of nitrogens with one attached hydrogen (secondary N) is 4. The van der Waals surface area contributed by atoms with Gasteiger partial charge in [0.1, 0.15) is 17.2 Å². The summed E-state index contributed by atoms with van der Waals surface area (Å²) in [5.41, 5.74) is 1.60. The van der Waals surface area contributed by atoms with E-state index in [4.69, 9.17) is 5.41 Å². The molecule has 0 radical (unpaired) electrons. The zero-order valence-corrected chi connectivity index (χ0v) is 20.5. The van der Waals surface area contributed by atoms with Gasteiger partial charge in [0.25, 0.3) is 10.0 Å². The molecule has 186 valence electrons. The molecule has 5 rings (SSSR count). The maximum absolute atomic E-state index is 13.6. The average molecular weight is 514 g/mol. The summed E-state index contributed by atoms with van der Waals surface area (Å²) >= 11 is 0. The molecule has 1 fully saturated rings. The summed E-state index contributed by atoms with van der Waals surface area (Å²) in [6.45, 7) is 0.168. The predicted molar refractivity (Wildman–Crippen MR) is 141 cm³/mol. The standard InChI is InChI=1S/C28H24FN5O2S/c29-23-14-8-16-25(18-23)37(35,36)33-24-15-7-9-20(17-24)19-34-26(30)28(32-27(34)31,21-10-3-1-4-11-21)22-12-5-2-6-13-22/h1-18,30,33H,19H2,(H2,31,32). The number of amidine groups is 1. The number of nitrogens with zero attached hydrogens (tertiary/aromatic N) is 1. The molecule has 0 aliphatic carbocycles. The molecule has 0 unspecified atom stereocenters. The van der Waals surface area contributed by atoms with Gasteiger partial charge in [-0.25, -0.2) is 12.8 Å². The predicted octanol–water partition coefficient (Wildman–Crippen LogP) is 4.89. The number of guanidine groups is 1. The van der Waals surface area contributed by atoms with Gasteiger partial charge in [-0.3, -0.25) is 20.4 Å². The van der Waals surface area contributed by atoms with E-state index in [0.717, 1.165) is 17.2 Å². The zero-order valence-electron chi connectivity index (χ0n) is 19.6. The Morgan fingerprint density at radius 1 is 0.811 bits per heavy atom. The van der Waals surface area contributed by atoms with Crippen molar-refractivity contribution in [3.63, 3.8) is 0 Å². The van der Waals surface area contributed by atoms with Crippen LogP contribution in [0.25, 0.3) is 0 Å². The number of anilines is 1. The SMILES string of the molecule is N=C1NC(c2ccccc2)(c2ccccc2)C(=N)N1Cc1cccc(NS(=O)(=O)c2cccc(F)c2)c1.